The van der Waals surface area contributed by atoms with Crippen LogP contribution in [0.5, 0.6) is 0 Å². The monoisotopic (exact) mass is 934 g/mol. The molecule has 4 amide bonds. The number of sulfonamides is 2. The molecule has 14 nitrogen and oxygen atoms in total. The number of benzene rings is 5. The number of nitrogens with one attached hydrogen (secondary N) is 3. The van der Waals surface area contributed by atoms with E-state index >= 15 is 0 Å². The lowest BCUT2D eigenvalue weighted by molar-refractivity contribution is 0.236. The van der Waals surface area contributed by atoms with Crippen LogP contribution >= 0.6 is 0 Å². The normalized spacial score (nSPS) is 13.4. The predicted octanol–water partition coefficient (Wildman–Crippen LogP) is 8.31. The van der Waals surface area contributed by atoms with Crippen molar-refractivity contribution in [2.45, 2.75) is 48.7 Å². The minimum absolute atomic E-state index is 0.0329. The summed E-state index contributed by atoms with van der Waals surface area (Å²) in [6.45, 7) is 0.858. The van der Waals surface area contributed by atoms with Gasteiger partial charge >= 0.3 is 12.1 Å². The molecular formula is C51H50N8O6S2. The Morgan fingerprint density at radius 2 is 1.00 bits per heavy atom. The smallest absolute Gasteiger partial charge is 0.332 e. The molecule has 0 bridgehead atoms. The van der Waals surface area contributed by atoms with Crippen molar-refractivity contribution in [3.05, 3.63) is 205 Å². The van der Waals surface area contributed by atoms with Crippen LogP contribution in [0.3, 0.4) is 0 Å². The fourth-order valence-corrected chi connectivity index (χ4v) is 10.3. The Kier molecular flexibility index (Phi) is 14.8. The summed E-state index contributed by atoms with van der Waals surface area (Å²) in [5.41, 5.74) is 5.68. The molecule has 0 aliphatic carbocycles. The van der Waals surface area contributed by atoms with Gasteiger partial charge in [-0.05, 0) is 119 Å². The van der Waals surface area contributed by atoms with E-state index < -0.39 is 32.1 Å². The van der Waals surface area contributed by atoms with Crippen molar-refractivity contribution in [3.8, 4) is 11.1 Å². The van der Waals surface area contributed by atoms with Crippen LogP contribution in [0.4, 0.5) is 21.0 Å². The molecule has 3 heterocycles. The average molecular weight is 935 g/mol. The number of hydrazine groups is 1. The van der Waals surface area contributed by atoms with Gasteiger partial charge in [0.2, 0.25) is 20.0 Å². The maximum absolute atomic E-state index is 14.5. The Bertz CT molecular complexity index is 2950. The number of aromatic nitrogens is 2. The molecule has 0 atom stereocenters. The SMILES string of the molecule is O=C(NCc1cccnc1)N(c1ccc(S(=O)(=O)NCc2ccc(-c3ccccc3)cc2)cc1)N(C(=O)NCc1cccnc1)c1ccc(S(=O)(=O)N2CCC(Cc3ccccc3)CC2)cc1. The van der Waals surface area contributed by atoms with E-state index in [1.807, 2.05) is 72.8 Å². The van der Waals surface area contributed by atoms with Crippen LogP contribution in [0.25, 0.3) is 11.1 Å². The van der Waals surface area contributed by atoms with Crippen LogP contribution in [0.2, 0.25) is 0 Å². The fourth-order valence-electron chi connectivity index (χ4n) is 7.84. The van der Waals surface area contributed by atoms with Crippen molar-refractivity contribution in [3.63, 3.8) is 0 Å². The lowest BCUT2D eigenvalue weighted by atomic mass is 9.91. The van der Waals surface area contributed by atoms with Crippen LogP contribution in [-0.4, -0.2) is 56.3 Å². The number of pyridine rings is 2. The number of amides is 4. The molecule has 1 saturated heterocycles. The molecular weight excluding hydrogens is 885 g/mol. The van der Waals surface area contributed by atoms with Crippen molar-refractivity contribution in [2.24, 2.45) is 5.92 Å². The molecule has 2 aromatic heterocycles. The largest absolute Gasteiger partial charge is 0.341 e. The lowest BCUT2D eigenvalue weighted by Gasteiger charge is -2.35. The number of carbonyl (C=O) groups excluding carboxylic acids is 2. The average Bonchev–Trinajstić information content (AvgIpc) is 3.37. The van der Waals surface area contributed by atoms with Crippen LogP contribution in [0.1, 0.15) is 35.1 Å². The van der Waals surface area contributed by atoms with Gasteiger partial charge in [0.25, 0.3) is 0 Å². The van der Waals surface area contributed by atoms with E-state index in [1.54, 1.807) is 49.1 Å². The van der Waals surface area contributed by atoms with Gasteiger partial charge in [-0.1, -0.05) is 97.1 Å². The molecule has 0 spiro atoms. The molecule has 0 radical (unpaired) electrons. The molecule has 3 N–H and O–H groups in total. The number of anilines is 2. The van der Waals surface area contributed by atoms with Crippen molar-refractivity contribution < 1.29 is 26.4 Å². The number of urea groups is 2. The maximum atomic E-state index is 14.5. The van der Waals surface area contributed by atoms with Gasteiger partial charge < -0.3 is 10.6 Å². The van der Waals surface area contributed by atoms with E-state index in [0.717, 1.165) is 46.0 Å². The Morgan fingerprint density at radius 3 is 1.51 bits per heavy atom. The molecule has 1 aliphatic rings. The molecule has 7 aromatic rings. The highest BCUT2D eigenvalue weighted by atomic mass is 32.2. The van der Waals surface area contributed by atoms with E-state index in [-0.39, 0.29) is 40.8 Å². The quantitative estimate of drug-likeness (QED) is 0.0861. The Hall–Kier alpha value is -7.24. The van der Waals surface area contributed by atoms with Gasteiger partial charge in [0.1, 0.15) is 0 Å². The Balaban J connectivity index is 1.06. The minimum atomic E-state index is -4.04. The molecule has 0 unspecified atom stereocenters. The van der Waals surface area contributed by atoms with E-state index in [2.05, 4.69) is 37.5 Å². The molecule has 1 fully saturated rings. The second-order valence-electron chi connectivity index (χ2n) is 16.1. The van der Waals surface area contributed by atoms with Crippen molar-refractivity contribution in [2.75, 3.05) is 23.1 Å². The van der Waals surface area contributed by atoms with E-state index in [1.165, 1.54) is 58.4 Å². The summed E-state index contributed by atoms with van der Waals surface area (Å²) in [6, 6.07) is 44.5. The summed E-state index contributed by atoms with van der Waals surface area (Å²) < 4.78 is 59.4. The summed E-state index contributed by atoms with van der Waals surface area (Å²) in [7, 11) is -7.94. The third-order valence-electron chi connectivity index (χ3n) is 11.5. The summed E-state index contributed by atoms with van der Waals surface area (Å²) in [5.74, 6) is 0.360. The van der Waals surface area contributed by atoms with Gasteiger partial charge in [-0.3, -0.25) is 9.97 Å². The lowest BCUT2D eigenvalue weighted by Crippen LogP contribution is -2.57. The number of rotatable bonds is 15. The molecule has 1 aliphatic heterocycles. The first-order chi connectivity index (χ1) is 32.5. The number of nitrogens with zero attached hydrogens (tertiary/aromatic N) is 5. The van der Waals surface area contributed by atoms with Crippen molar-refractivity contribution in [1.82, 2.24) is 29.6 Å². The van der Waals surface area contributed by atoms with Crippen molar-refractivity contribution in [1.29, 1.82) is 0 Å². The summed E-state index contributed by atoms with van der Waals surface area (Å²) in [4.78, 5) is 37.2. The molecule has 342 valence electrons. The topological polar surface area (TPSA) is 174 Å². The zero-order valence-electron chi connectivity index (χ0n) is 36.6. The summed E-state index contributed by atoms with van der Waals surface area (Å²) >= 11 is 0. The standard InChI is InChI=1S/C51H50N8O6S2/c60-50(54-36-42-11-7-29-52-34-42)58(46-19-23-48(24-20-46)66(62,63)56-38-41-15-17-45(18-16-41)44-13-5-2-6-14-44)59(51(61)55-37-43-12-8-30-53-35-43)47-21-25-49(26-22-47)67(64,65)57-31-27-40(28-32-57)33-39-9-3-1-4-10-39/h1-26,29-30,34-35,40,56H,27-28,31-33,36-38H2,(H,54,60)(H,55,61). The third-order valence-corrected chi connectivity index (χ3v) is 14.8. The molecule has 16 heteroatoms. The van der Waals surface area contributed by atoms with Gasteiger partial charge in [-0.25, -0.2) is 31.1 Å². The van der Waals surface area contributed by atoms with E-state index in [0.29, 0.717) is 30.1 Å². The minimum Gasteiger partial charge on any atom is -0.332 e. The number of hydrogen-bond donors (Lipinski definition) is 3. The van der Waals surface area contributed by atoms with E-state index in [9.17, 15) is 26.4 Å². The van der Waals surface area contributed by atoms with Gasteiger partial charge in [-0.2, -0.15) is 14.3 Å². The van der Waals surface area contributed by atoms with Crippen molar-refractivity contribution >= 4 is 43.5 Å². The molecule has 5 aromatic carbocycles. The third kappa shape index (κ3) is 11.8. The van der Waals surface area contributed by atoms with Crippen LogP contribution in [0.15, 0.2) is 192 Å². The second kappa shape index (κ2) is 21.4. The molecule has 0 saturated carbocycles. The Labute approximate surface area is 391 Å². The summed E-state index contributed by atoms with van der Waals surface area (Å²) in [6.07, 6.45) is 8.73. The van der Waals surface area contributed by atoms with Gasteiger partial charge in [0.05, 0.1) is 21.2 Å². The van der Waals surface area contributed by atoms with Gasteiger partial charge in [-0.15, -0.1) is 0 Å². The molecule has 8 rings (SSSR count). The number of carbonyl (C=O) groups is 2. The Morgan fingerprint density at radius 1 is 0.522 bits per heavy atom. The first-order valence-electron chi connectivity index (χ1n) is 21.9. The van der Waals surface area contributed by atoms with Gasteiger partial charge in [0.15, 0.2) is 0 Å². The highest BCUT2D eigenvalue weighted by Gasteiger charge is 2.33. The molecule has 67 heavy (non-hydrogen) atoms. The zero-order valence-corrected chi connectivity index (χ0v) is 38.2. The maximum Gasteiger partial charge on any atom is 0.341 e. The van der Waals surface area contributed by atoms with Crippen LogP contribution in [-0.2, 0) is 46.1 Å². The van der Waals surface area contributed by atoms with E-state index in [4.69, 9.17) is 0 Å². The first-order valence-corrected chi connectivity index (χ1v) is 24.8. The van der Waals surface area contributed by atoms with Crippen LogP contribution in [0, 0.1) is 5.92 Å². The zero-order chi connectivity index (χ0) is 46.6. The predicted molar refractivity (Wildman–Crippen MR) is 258 cm³/mol. The number of hydrogen-bond acceptors (Lipinski definition) is 8. The van der Waals surface area contributed by atoms with Crippen LogP contribution < -0.4 is 25.4 Å². The highest BCUT2D eigenvalue weighted by Crippen LogP contribution is 2.30. The highest BCUT2D eigenvalue weighted by molar-refractivity contribution is 7.89. The summed E-state index contributed by atoms with van der Waals surface area (Å²) in [5, 5.41) is 7.87. The first kappa shape index (κ1) is 46.3. The second-order valence-corrected chi connectivity index (χ2v) is 19.8. The van der Waals surface area contributed by atoms with Gasteiger partial charge in [0, 0.05) is 57.5 Å². The number of piperidine rings is 1. The fraction of sp³-hybridized carbons (Fsp3) is 0.176.